The zero-order valence-electron chi connectivity index (χ0n) is 18.2. The van der Waals surface area contributed by atoms with E-state index in [9.17, 15) is 4.79 Å². The third kappa shape index (κ3) is 4.00. The number of carbonyl (C=O) groups excluding carboxylic acids is 1. The predicted molar refractivity (Wildman–Crippen MR) is 124 cm³/mol. The number of piperidine rings is 1. The van der Waals surface area contributed by atoms with Gasteiger partial charge in [0.2, 0.25) is 0 Å². The van der Waals surface area contributed by atoms with Crippen molar-refractivity contribution in [3.8, 4) is 5.75 Å². The molecule has 0 unspecified atom stereocenters. The third-order valence-electron chi connectivity index (χ3n) is 6.02. The van der Waals surface area contributed by atoms with Crippen molar-refractivity contribution >= 4 is 27.5 Å². The van der Waals surface area contributed by atoms with Crippen LogP contribution in [0.1, 0.15) is 57.7 Å². The minimum absolute atomic E-state index is 0.0316. The van der Waals surface area contributed by atoms with Crippen molar-refractivity contribution in [2.24, 2.45) is 0 Å². The van der Waals surface area contributed by atoms with E-state index in [1.807, 2.05) is 61.2 Å². The Morgan fingerprint density at radius 1 is 1.16 bits per heavy atom. The number of thiazole rings is 1. The number of nitrogens with zero attached hydrogens (tertiary/aromatic N) is 3. The van der Waals surface area contributed by atoms with Crippen LogP contribution in [0.2, 0.25) is 0 Å². The fourth-order valence-electron chi connectivity index (χ4n) is 4.19. The van der Waals surface area contributed by atoms with E-state index in [0.717, 1.165) is 53.3 Å². The monoisotopic (exact) mass is 447 g/mol. The number of likely N-dealkylation sites (tertiary alicyclic amines) is 1. The molecule has 0 radical (unpaired) electrons. The average molecular weight is 448 g/mol. The van der Waals surface area contributed by atoms with E-state index in [4.69, 9.17) is 14.2 Å². The SMILES string of the molecule is Cc1noc(C)c1COc1ccc(C(=O)N2CCCC[C@@H]2c2nc3ccccc3s2)cc1. The first kappa shape index (κ1) is 20.7. The summed E-state index contributed by atoms with van der Waals surface area (Å²) in [6.07, 6.45) is 3.08. The lowest BCUT2D eigenvalue weighted by Gasteiger charge is -2.34. The first-order valence-electron chi connectivity index (χ1n) is 10.9. The molecule has 0 spiro atoms. The quantitative estimate of drug-likeness (QED) is 0.384. The number of benzene rings is 2. The molecule has 164 valence electrons. The van der Waals surface area contributed by atoms with Gasteiger partial charge in [-0.25, -0.2) is 4.98 Å². The van der Waals surface area contributed by atoms with Gasteiger partial charge in [-0.3, -0.25) is 4.79 Å². The number of hydrogen-bond donors (Lipinski definition) is 0. The molecule has 5 rings (SSSR count). The Labute approximate surface area is 190 Å². The topological polar surface area (TPSA) is 68.5 Å². The molecule has 1 fully saturated rings. The van der Waals surface area contributed by atoms with E-state index < -0.39 is 0 Å². The summed E-state index contributed by atoms with van der Waals surface area (Å²) in [6, 6.07) is 15.6. The van der Waals surface area contributed by atoms with Gasteiger partial charge in [-0.05, 0) is 69.5 Å². The third-order valence-corrected chi connectivity index (χ3v) is 7.16. The number of ether oxygens (including phenoxy) is 1. The Balaban J connectivity index is 1.31. The van der Waals surface area contributed by atoms with E-state index >= 15 is 0 Å². The number of fused-ring (bicyclic) bond motifs is 1. The Kier molecular flexibility index (Phi) is 5.66. The molecule has 3 heterocycles. The molecule has 1 saturated heterocycles. The van der Waals surface area contributed by atoms with Crippen LogP contribution in [-0.2, 0) is 6.61 Å². The molecule has 6 nitrogen and oxygen atoms in total. The first-order chi connectivity index (χ1) is 15.6. The summed E-state index contributed by atoms with van der Waals surface area (Å²) in [6.45, 7) is 4.92. The van der Waals surface area contributed by atoms with Crippen LogP contribution in [-0.4, -0.2) is 27.5 Å². The predicted octanol–water partition coefficient (Wildman–Crippen LogP) is 5.85. The lowest BCUT2D eigenvalue weighted by Crippen LogP contribution is -2.38. The van der Waals surface area contributed by atoms with Gasteiger partial charge in [0.05, 0.1) is 27.5 Å². The number of para-hydroxylation sites is 1. The van der Waals surface area contributed by atoms with Gasteiger partial charge in [-0.1, -0.05) is 17.3 Å². The lowest BCUT2D eigenvalue weighted by atomic mass is 10.0. The molecule has 7 heteroatoms. The molecule has 0 bridgehead atoms. The Bertz CT molecular complexity index is 1190. The summed E-state index contributed by atoms with van der Waals surface area (Å²) in [5.41, 5.74) is 3.46. The zero-order valence-corrected chi connectivity index (χ0v) is 19.0. The smallest absolute Gasteiger partial charge is 0.254 e. The molecule has 32 heavy (non-hydrogen) atoms. The van der Waals surface area contributed by atoms with Gasteiger partial charge in [0, 0.05) is 12.1 Å². The van der Waals surface area contributed by atoms with E-state index in [0.29, 0.717) is 17.9 Å². The number of hydrogen-bond acceptors (Lipinski definition) is 6. The van der Waals surface area contributed by atoms with Gasteiger partial charge in [0.25, 0.3) is 5.91 Å². The standard InChI is InChI=1S/C25H25N3O3S/c1-16-20(17(2)31-27-16)15-30-19-12-10-18(11-13-19)25(29)28-14-6-5-8-22(28)24-26-21-7-3-4-9-23(21)32-24/h3-4,7,9-13,22H,5-6,8,14-15H2,1-2H3/t22-/m1/s1. The van der Waals surface area contributed by atoms with Crippen molar-refractivity contribution in [3.63, 3.8) is 0 Å². The van der Waals surface area contributed by atoms with Crippen LogP contribution >= 0.6 is 11.3 Å². The van der Waals surface area contributed by atoms with E-state index in [2.05, 4.69) is 11.2 Å². The number of carbonyl (C=O) groups is 1. The minimum Gasteiger partial charge on any atom is -0.489 e. The average Bonchev–Trinajstić information content (AvgIpc) is 3.40. The Hall–Kier alpha value is -3.19. The Morgan fingerprint density at radius 2 is 1.97 bits per heavy atom. The highest BCUT2D eigenvalue weighted by Crippen LogP contribution is 2.36. The molecule has 1 aliphatic rings. The number of aromatic nitrogens is 2. The molecular formula is C25H25N3O3S. The highest BCUT2D eigenvalue weighted by atomic mass is 32.1. The molecule has 2 aromatic heterocycles. The van der Waals surface area contributed by atoms with Crippen molar-refractivity contribution < 1.29 is 14.1 Å². The van der Waals surface area contributed by atoms with Crippen LogP contribution in [0.15, 0.2) is 53.1 Å². The molecule has 0 aliphatic carbocycles. The maximum absolute atomic E-state index is 13.4. The number of rotatable bonds is 5. The molecule has 2 aromatic carbocycles. The van der Waals surface area contributed by atoms with Gasteiger partial charge in [-0.2, -0.15) is 0 Å². The van der Waals surface area contributed by atoms with E-state index in [1.54, 1.807) is 11.3 Å². The maximum atomic E-state index is 13.4. The van der Waals surface area contributed by atoms with Gasteiger partial charge < -0.3 is 14.2 Å². The fourth-order valence-corrected chi connectivity index (χ4v) is 5.30. The zero-order chi connectivity index (χ0) is 22.1. The van der Waals surface area contributed by atoms with Crippen LogP contribution in [0.25, 0.3) is 10.2 Å². The molecule has 1 atom stereocenters. The minimum atomic E-state index is 0.0316. The van der Waals surface area contributed by atoms with Crippen molar-refractivity contribution in [2.75, 3.05) is 6.54 Å². The van der Waals surface area contributed by atoms with Crippen molar-refractivity contribution in [1.29, 1.82) is 0 Å². The molecule has 0 N–H and O–H groups in total. The number of amides is 1. The van der Waals surface area contributed by atoms with Crippen LogP contribution in [0.3, 0.4) is 0 Å². The lowest BCUT2D eigenvalue weighted by molar-refractivity contribution is 0.0611. The molecule has 1 amide bonds. The van der Waals surface area contributed by atoms with E-state index in [-0.39, 0.29) is 11.9 Å². The van der Waals surface area contributed by atoms with Crippen LogP contribution < -0.4 is 4.74 Å². The molecular weight excluding hydrogens is 422 g/mol. The van der Waals surface area contributed by atoms with Crippen LogP contribution in [0.5, 0.6) is 5.75 Å². The summed E-state index contributed by atoms with van der Waals surface area (Å²) in [5, 5.41) is 4.98. The van der Waals surface area contributed by atoms with Crippen LogP contribution in [0.4, 0.5) is 0 Å². The summed E-state index contributed by atoms with van der Waals surface area (Å²) >= 11 is 1.69. The highest BCUT2D eigenvalue weighted by molar-refractivity contribution is 7.18. The summed E-state index contributed by atoms with van der Waals surface area (Å²) < 4.78 is 12.2. The second kappa shape index (κ2) is 8.74. The van der Waals surface area contributed by atoms with Gasteiger partial charge in [0.1, 0.15) is 23.1 Å². The summed E-state index contributed by atoms with van der Waals surface area (Å²) in [5.74, 6) is 1.52. The largest absolute Gasteiger partial charge is 0.489 e. The molecule has 0 saturated carbocycles. The fraction of sp³-hybridized carbons (Fsp3) is 0.320. The molecule has 1 aliphatic heterocycles. The van der Waals surface area contributed by atoms with Gasteiger partial charge in [0.15, 0.2) is 0 Å². The van der Waals surface area contributed by atoms with Gasteiger partial charge >= 0.3 is 0 Å². The van der Waals surface area contributed by atoms with Crippen molar-refractivity contribution in [3.05, 3.63) is 76.1 Å². The highest BCUT2D eigenvalue weighted by Gasteiger charge is 2.31. The second-order valence-corrected chi connectivity index (χ2v) is 9.21. The number of aryl methyl sites for hydroxylation is 2. The first-order valence-corrected chi connectivity index (χ1v) is 11.7. The normalized spacial score (nSPS) is 16.4. The van der Waals surface area contributed by atoms with Gasteiger partial charge in [-0.15, -0.1) is 11.3 Å². The Morgan fingerprint density at radius 3 is 2.72 bits per heavy atom. The maximum Gasteiger partial charge on any atom is 0.254 e. The summed E-state index contributed by atoms with van der Waals surface area (Å²) in [7, 11) is 0. The second-order valence-electron chi connectivity index (χ2n) is 8.15. The van der Waals surface area contributed by atoms with Crippen molar-refractivity contribution in [2.45, 2.75) is 45.8 Å². The van der Waals surface area contributed by atoms with Crippen LogP contribution in [0, 0.1) is 13.8 Å². The molecule has 4 aromatic rings. The summed E-state index contributed by atoms with van der Waals surface area (Å²) in [4.78, 5) is 20.2. The van der Waals surface area contributed by atoms with Crippen molar-refractivity contribution in [1.82, 2.24) is 15.0 Å². The van der Waals surface area contributed by atoms with E-state index in [1.165, 1.54) is 4.70 Å².